The molecule has 0 atom stereocenters. The number of nitrogens with zero attached hydrogens (tertiary/aromatic N) is 3. The van der Waals surface area contributed by atoms with Crippen LogP contribution >= 0.6 is 0 Å². The van der Waals surface area contributed by atoms with E-state index in [1.54, 1.807) is 12.4 Å². The highest BCUT2D eigenvalue weighted by Crippen LogP contribution is 2.33. The van der Waals surface area contributed by atoms with Gasteiger partial charge in [-0.05, 0) is 19.9 Å². The van der Waals surface area contributed by atoms with Crippen LogP contribution in [0.3, 0.4) is 0 Å². The number of urea groups is 1. The van der Waals surface area contributed by atoms with Gasteiger partial charge in [-0.15, -0.1) is 0 Å². The van der Waals surface area contributed by atoms with Crippen LogP contribution in [-0.2, 0) is 0 Å². The monoisotopic (exact) mass is 334 g/mol. The molecule has 2 amide bonds. The number of anilines is 1. The number of nitrogens with one attached hydrogen (secondary N) is 3. The highest BCUT2D eigenvalue weighted by Gasteiger charge is 2.38. The quantitative estimate of drug-likeness (QED) is 0.735. The standard InChI is InChI=1S/C17H30N6O/c1-22-8-10-23(11-9-22)17(6-4-2-3-5-7-17)14-18-16(24)21-15-12-19-20-13-15/h12-13H,2-11,14H2,1H3,(H,19,20)(H2,18,21,24). The van der Waals surface area contributed by atoms with Crippen LogP contribution < -0.4 is 10.6 Å². The predicted octanol–water partition coefficient (Wildman–Crippen LogP) is 1.87. The van der Waals surface area contributed by atoms with Gasteiger partial charge in [-0.25, -0.2) is 4.79 Å². The van der Waals surface area contributed by atoms with Crippen molar-refractivity contribution in [2.24, 2.45) is 0 Å². The lowest BCUT2D eigenvalue weighted by Gasteiger charge is -2.47. The molecular weight excluding hydrogens is 304 g/mol. The zero-order chi connectivity index (χ0) is 16.8. The minimum atomic E-state index is -0.144. The van der Waals surface area contributed by atoms with Crippen molar-refractivity contribution < 1.29 is 4.79 Å². The maximum Gasteiger partial charge on any atom is 0.319 e. The summed E-state index contributed by atoms with van der Waals surface area (Å²) in [6.45, 7) is 5.15. The molecular formula is C17H30N6O. The van der Waals surface area contributed by atoms with E-state index in [2.05, 4.69) is 37.7 Å². The lowest BCUT2D eigenvalue weighted by molar-refractivity contribution is 0.0300. The van der Waals surface area contributed by atoms with E-state index in [0.29, 0.717) is 5.69 Å². The molecule has 0 aromatic carbocycles. The molecule has 134 valence electrons. The topological polar surface area (TPSA) is 76.3 Å². The molecule has 0 spiro atoms. The molecule has 2 heterocycles. The first-order valence-electron chi connectivity index (χ1n) is 9.15. The first-order valence-corrected chi connectivity index (χ1v) is 9.15. The van der Waals surface area contributed by atoms with Crippen molar-refractivity contribution in [1.29, 1.82) is 0 Å². The Morgan fingerprint density at radius 1 is 1.21 bits per heavy atom. The Hall–Kier alpha value is -1.60. The average molecular weight is 334 g/mol. The van der Waals surface area contributed by atoms with E-state index in [4.69, 9.17) is 0 Å². The van der Waals surface area contributed by atoms with Crippen LogP contribution in [0.15, 0.2) is 12.4 Å². The second-order valence-electron chi connectivity index (χ2n) is 7.22. The summed E-state index contributed by atoms with van der Waals surface area (Å²) in [5, 5.41) is 12.5. The van der Waals surface area contributed by atoms with Crippen LogP contribution in [0.25, 0.3) is 0 Å². The Balaban J connectivity index is 1.62. The summed E-state index contributed by atoms with van der Waals surface area (Å²) in [6, 6.07) is -0.144. The van der Waals surface area contributed by atoms with Gasteiger partial charge in [0, 0.05) is 44.5 Å². The Labute approximate surface area is 144 Å². The highest BCUT2D eigenvalue weighted by atomic mass is 16.2. The highest BCUT2D eigenvalue weighted by molar-refractivity contribution is 5.88. The van der Waals surface area contributed by atoms with Crippen molar-refractivity contribution in [3.05, 3.63) is 12.4 Å². The first-order chi connectivity index (χ1) is 11.7. The van der Waals surface area contributed by atoms with Crippen molar-refractivity contribution in [2.75, 3.05) is 45.1 Å². The van der Waals surface area contributed by atoms with E-state index in [1.165, 1.54) is 38.5 Å². The summed E-state index contributed by atoms with van der Waals surface area (Å²) in [7, 11) is 2.19. The SMILES string of the molecule is CN1CCN(C2(CNC(=O)Nc3cn[nH]c3)CCCCCC2)CC1. The molecule has 1 saturated carbocycles. The third kappa shape index (κ3) is 4.27. The van der Waals surface area contributed by atoms with Gasteiger partial charge < -0.3 is 15.5 Å². The Morgan fingerprint density at radius 3 is 2.54 bits per heavy atom. The number of likely N-dealkylation sites (N-methyl/N-ethyl adjacent to an activating group) is 1. The Bertz CT molecular complexity index is 501. The molecule has 2 fully saturated rings. The van der Waals surface area contributed by atoms with E-state index in [0.717, 1.165) is 32.7 Å². The minimum Gasteiger partial charge on any atom is -0.336 e. The second kappa shape index (κ2) is 7.98. The van der Waals surface area contributed by atoms with Gasteiger partial charge in [-0.2, -0.15) is 5.10 Å². The van der Waals surface area contributed by atoms with Gasteiger partial charge in [0.25, 0.3) is 0 Å². The summed E-state index contributed by atoms with van der Waals surface area (Å²) >= 11 is 0. The van der Waals surface area contributed by atoms with Crippen LogP contribution in [0, 0.1) is 0 Å². The van der Waals surface area contributed by atoms with Crippen LogP contribution in [-0.4, -0.2) is 71.3 Å². The van der Waals surface area contributed by atoms with Crippen molar-refractivity contribution >= 4 is 11.7 Å². The van der Waals surface area contributed by atoms with Crippen LogP contribution in [0.1, 0.15) is 38.5 Å². The third-order valence-electron chi connectivity index (χ3n) is 5.54. The van der Waals surface area contributed by atoms with Crippen LogP contribution in [0.5, 0.6) is 0 Å². The molecule has 0 radical (unpaired) electrons. The van der Waals surface area contributed by atoms with E-state index < -0.39 is 0 Å². The number of hydrogen-bond acceptors (Lipinski definition) is 4. The van der Waals surface area contributed by atoms with Crippen LogP contribution in [0.2, 0.25) is 0 Å². The lowest BCUT2D eigenvalue weighted by atomic mass is 9.87. The number of aromatic nitrogens is 2. The second-order valence-corrected chi connectivity index (χ2v) is 7.22. The summed E-state index contributed by atoms with van der Waals surface area (Å²) in [5.41, 5.74) is 0.813. The zero-order valence-electron chi connectivity index (χ0n) is 14.7. The summed E-state index contributed by atoms with van der Waals surface area (Å²) in [4.78, 5) is 17.2. The van der Waals surface area contributed by atoms with E-state index >= 15 is 0 Å². The third-order valence-corrected chi connectivity index (χ3v) is 5.54. The van der Waals surface area contributed by atoms with Gasteiger partial charge in [0.15, 0.2) is 0 Å². The van der Waals surface area contributed by atoms with Gasteiger partial charge in [0.1, 0.15) is 0 Å². The Kier molecular flexibility index (Phi) is 5.73. The number of amides is 2. The first kappa shape index (κ1) is 17.2. The van der Waals surface area contributed by atoms with Crippen molar-refractivity contribution in [2.45, 2.75) is 44.1 Å². The predicted molar refractivity (Wildman–Crippen MR) is 95.1 cm³/mol. The summed E-state index contributed by atoms with van der Waals surface area (Å²) in [5.74, 6) is 0. The molecule has 3 rings (SSSR count). The number of H-pyrrole nitrogens is 1. The van der Waals surface area contributed by atoms with Crippen molar-refractivity contribution in [3.63, 3.8) is 0 Å². The molecule has 1 saturated heterocycles. The number of aromatic amines is 1. The largest absolute Gasteiger partial charge is 0.336 e. The van der Waals surface area contributed by atoms with Gasteiger partial charge >= 0.3 is 6.03 Å². The molecule has 1 aliphatic heterocycles. The van der Waals surface area contributed by atoms with E-state index in [-0.39, 0.29) is 11.6 Å². The number of carbonyl (C=O) groups is 1. The summed E-state index contributed by atoms with van der Waals surface area (Å²) < 4.78 is 0. The van der Waals surface area contributed by atoms with Crippen molar-refractivity contribution in [1.82, 2.24) is 25.3 Å². The fourth-order valence-electron chi connectivity index (χ4n) is 4.01. The maximum absolute atomic E-state index is 12.2. The zero-order valence-corrected chi connectivity index (χ0v) is 14.7. The average Bonchev–Trinajstić information content (AvgIpc) is 2.97. The van der Waals surface area contributed by atoms with E-state index in [1.807, 2.05) is 0 Å². The molecule has 1 aliphatic carbocycles. The molecule has 0 unspecified atom stereocenters. The number of hydrogen-bond donors (Lipinski definition) is 3. The molecule has 7 heteroatoms. The molecule has 1 aromatic rings. The smallest absolute Gasteiger partial charge is 0.319 e. The lowest BCUT2D eigenvalue weighted by Crippen LogP contribution is -2.60. The molecule has 0 bridgehead atoms. The van der Waals surface area contributed by atoms with Crippen molar-refractivity contribution in [3.8, 4) is 0 Å². The number of rotatable bonds is 4. The van der Waals surface area contributed by atoms with Gasteiger partial charge in [0.05, 0.1) is 11.9 Å². The van der Waals surface area contributed by atoms with Crippen LogP contribution in [0.4, 0.5) is 10.5 Å². The Morgan fingerprint density at radius 2 is 1.92 bits per heavy atom. The molecule has 24 heavy (non-hydrogen) atoms. The maximum atomic E-state index is 12.2. The molecule has 1 aromatic heterocycles. The summed E-state index contributed by atoms with van der Waals surface area (Å²) in [6.07, 6.45) is 10.8. The van der Waals surface area contributed by atoms with Gasteiger partial charge in [-0.1, -0.05) is 25.7 Å². The van der Waals surface area contributed by atoms with Gasteiger partial charge in [-0.3, -0.25) is 10.00 Å². The number of piperazine rings is 1. The molecule has 2 aliphatic rings. The molecule has 7 nitrogen and oxygen atoms in total. The fraction of sp³-hybridized carbons (Fsp3) is 0.765. The minimum absolute atomic E-state index is 0.117. The van der Waals surface area contributed by atoms with Gasteiger partial charge in [0.2, 0.25) is 0 Å². The molecule has 3 N–H and O–H groups in total. The van der Waals surface area contributed by atoms with E-state index in [9.17, 15) is 4.79 Å². The number of carbonyl (C=O) groups excluding carboxylic acids is 1. The fourth-order valence-corrected chi connectivity index (χ4v) is 4.01. The normalized spacial score (nSPS) is 22.7.